The Morgan fingerprint density at radius 3 is 2.63 bits per heavy atom. The molecule has 0 N–H and O–H groups in total. The van der Waals surface area contributed by atoms with Crippen LogP contribution in [0.4, 0.5) is 0 Å². The van der Waals surface area contributed by atoms with Crippen LogP contribution in [0.1, 0.15) is 26.5 Å². The van der Waals surface area contributed by atoms with Crippen molar-refractivity contribution in [1.82, 2.24) is 25.1 Å². The van der Waals surface area contributed by atoms with Crippen LogP contribution >= 0.6 is 22.6 Å². The third-order valence-corrected chi connectivity index (χ3v) is 3.45. The van der Waals surface area contributed by atoms with E-state index in [9.17, 15) is 9.59 Å². The second-order valence-corrected chi connectivity index (χ2v) is 5.33. The molecule has 0 spiro atoms. The predicted molar refractivity (Wildman–Crippen MR) is 72.2 cm³/mol. The molecule has 0 unspecified atom stereocenters. The van der Waals surface area contributed by atoms with Gasteiger partial charge in [-0.15, -0.1) is 10.2 Å². The van der Waals surface area contributed by atoms with Gasteiger partial charge in [-0.05, 0) is 46.0 Å². The predicted octanol–water partition coefficient (Wildman–Crippen LogP) is 0.611. The maximum Gasteiger partial charge on any atom is 0.262 e. The van der Waals surface area contributed by atoms with Crippen LogP contribution in [0.5, 0.6) is 0 Å². The van der Waals surface area contributed by atoms with Crippen molar-refractivity contribution < 1.29 is 9.59 Å². The first-order valence-corrected chi connectivity index (χ1v) is 6.53. The SMILES string of the molecule is Cn1nnc(CN2C(=O)c3ccc(I)cc3C2=O)n1. The first-order chi connectivity index (χ1) is 9.06. The Morgan fingerprint density at radius 2 is 1.95 bits per heavy atom. The van der Waals surface area contributed by atoms with Crippen LogP contribution < -0.4 is 0 Å². The molecule has 1 aliphatic heterocycles. The average Bonchev–Trinajstić information content (AvgIpc) is 2.88. The minimum atomic E-state index is -0.316. The number of halogens is 1. The van der Waals surface area contributed by atoms with Crippen molar-refractivity contribution in [1.29, 1.82) is 0 Å². The fraction of sp³-hybridized carbons (Fsp3) is 0.182. The Labute approximate surface area is 121 Å². The van der Waals surface area contributed by atoms with Gasteiger partial charge in [0.15, 0.2) is 5.82 Å². The average molecular weight is 369 g/mol. The molecule has 19 heavy (non-hydrogen) atoms. The molecule has 0 aliphatic carbocycles. The van der Waals surface area contributed by atoms with E-state index in [-0.39, 0.29) is 18.4 Å². The number of carbonyl (C=O) groups is 2. The van der Waals surface area contributed by atoms with E-state index in [4.69, 9.17) is 0 Å². The molecule has 7 nitrogen and oxygen atoms in total. The lowest BCUT2D eigenvalue weighted by atomic mass is 10.1. The molecule has 3 rings (SSSR count). The number of amides is 2. The normalized spacial score (nSPS) is 14.1. The van der Waals surface area contributed by atoms with Crippen molar-refractivity contribution in [2.24, 2.45) is 7.05 Å². The number of tetrazole rings is 1. The second kappa shape index (κ2) is 4.37. The molecule has 1 aromatic carbocycles. The minimum absolute atomic E-state index is 0.0385. The highest BCUT2D eigenvalue weighted by molar-refractivity contribution is 14.1. The highest BCUT2D eigenvalue weighted by Gasteiger charge is 2.36. The highest BCUT2D eigenvalue weighted by Crippen LogP contribution is 2.25. The fourth-order valence-electron chi connectivity index (χ4n) is 1.93. The Bertz CT molecular complexity index is 696. The largest absolute Gasteiger partial charge is 0.269 e. The molecular weight excluding hydrogens is 361 g/mol. The van der Waals surface area contributed by atoms with Crippen molar-refractivity contribution in [3.8, 4) is 0 Å². The van der Waals surface area contributed by atoms with Gasteiger partial charge in [0, 0.05) is 3.57 Å². The zero-order valence-electron chi connectivity index (χ0n) is 9.87. The summed E-state index contributed by atoms with van der Waals surface area (Å²) in [6.07, 6.45) is 0. The van der Waals surface area contributed by atoms with Crippen molar-refractivity contribution in [3.05, 3.63) is 38.7 Å². The molecule has 2 amide bonds. The molecule has 0 bridgehead atoms. The van der Waals surface area contributed by atoms with E-state index >= 15 is 0 Å². The van der Waals surface area contributed by atoms with E-state index in [2.05, 4.69) is 38.0 Å². The third kappa shape index (κ3) is 2.01. The molecule has 2 heterocycles. The minimum Gasteiger partial charge on any atom is -0.269 e. The summed E-state index contributed by atoms with van der Waals surface area (Å²) in [6.45, 7) is 0.0385. The summed E-state index contributed by atoms with van der Waals surface area (Å²) in [5.41, 5.74) is 0.857. The number of nitrogens with zero attached hydrogens (tertiary/aromatic N) is 5. The highest BCUT2D eigenvalue weighted by atomic mass is 127. The van der Waals surface area contributed by atoms with Crippen LogP contribution in [-0.2, 0) is 13.6 Å². The number of aromatic nitrogens is 4. The summed E-state index contributed by atoms with van der Waals surface area (Å²) in [5, 5.41) is 11.4. The summed E-state index contributed by atoms with van der Waals surface area (Å²) >= 11 is 2.10. The van der Waals surface area contributed by atoms with Gasteiger partial charge < -0.3 is 0 Å². The van der Waals surface area contributed by atoms with Gasteiger partial charge in [0.1, 0.15) is 0 Å². The number of aryl methyl sites for hydroxylation is 1. The quantitative estimate of drug-likeness (QED) is 0.573. The second-order valence-electron chi connectivity index (χ2n) is 4.08. The molecule has 2 aromatic rings. The van der Waals surface area contributed by atoms with Crippen LogP contribution in [-0.4, -0.2) is 36.9 Å². The number of carbonyl (C=O) groups excluding carboxylic acids is 2. The summed E-state index contributed by atoms with van der Waals surface area (Å²) in [4.78, 5) is 26.8. The van der Waals surface area contributed by atoms with Crippen LogP contribution in [0.2, 0.25) is 0 Å². The molecule has 0 atom stereocenters. The van der Waals surface area contributed by atoms with Gasteiger partial charge in [-0.3, -0.25) is 14.5 Å². The van der Waals surface area contributed by atoms with Crippen LogP contribution in [0, 0.1) is 3.57 Å². The lowest BCUT2D eigenvalue weighted by molar-refractivity contribution is 0.0638. The van der Waals surface area contributed by atoms with Crippen molar-refractivity contribution in [2.45, 2.75) is 6.54 Å². The maximum absolute atomic E-state index is 12.2. The van der Waals surface area contributed by atoms with Gasteiger partial charge in [0.2, 0.25) is 0 Å². The number of benzene rings is 1. The van der Waals surface area contributed by atoms with Gasteiger partial charge >= 0.3 is 0 Å². The Kier molecular flexibility index (Phi) is 2.81. The Hall–Kier alpha value is -1.84. The van der Waals surface area contributed by atoms with E-state index in [1.807, 2.05) is 0 Å². The van der Waals surface area contributed by atoms with E-state index in [0.29, 0.717) is 17.0 Å². The molecule has 1 aliphatic rings. The van der Waals surface area contributed by atoms with Gasteiger partial charge in [-0.1, -0.05) is 0 Å². The molecule has 96 valence electrons. The van der Waals surface area contributed by atoms with Crippen molar-refractivity contribution in [2.75, 3.05) is 0 Å². The first kappa shape index (κ1) is 12.2. The number of hydrogen-bond donors (Lipinski definition) is 0. The molecule has 8 heteroatoms. The van der Waals surface area contributed by atoms with Crippen molar-refractivity contribution in [3.63, 3.8) is 0 Å². The summed E-state index contributed by atoms with van der Waals surface area (Å²) in [7, 11) is 1.63. The summed E-state index contributed by atoms with van der Waals surface area (Å²) < 4.78 is 0.914. The fourth-order valence-corrected chi connectivity index (χ4v) is 2.43. The Balaban J connectivity index is 1.94. The van der Waals surface area contributed by atoms with Gasteiger partial charge in [0.05, 0.1) is 24.7 Å². The number of fused-ring (bicyclic) bond motifs is 1. The molecule has 0 fully saturated rings. The number of imide groups is 1. The zero-order valence-corrected chi connectivity index (χ0v) is 12.0. The van der Waals surface area contributed by atoms with Crippen LogP contribution in [0.3, 0.4) is 0 Å². The van der Waals surface area contributed by atoms with Crippen molar-refractivity contribution >= 4 is 34.4 Å². The van der Waals surface area contributed by atoms with Gasteiger partial charge in [-0.25, -0.2) is 0 Å². The molecule has 0 saturated carbocycles. The smallest absolute Gasteiger partial charge is 0.262 e. The summed E-state index contributed by atoms with van der Waals surface area (Å²) in [6, 6.07) is 5.18. The van der Waals surface area contributed by atoms with Gasteiger partial charge in [-0.2, -0.15) is 4.80 Å². The lowest BCUT2D eigenvalue weighted by Crippen LogP contribution is -2.29. The number of hydrogen-bond acceptors (Lipinski definition) is 5. The molecule has 0 saturated heterocycles. The van der Waals surface area contributed by atoms with E-state index in [0.717, 1.165) is 8.47 Å². The summed E-state index contributed by atoms with van der Waals surface area (Å²) in [5.74, 6) is -0.290. The monoisotopic (exact) mass is 369 g/mol. The molecule has 0 radical (unpaired) electrons. The molecule has 1 aromatic heterocycles. The topological polar surface area (TPSA) is 81.0 Å². The lowest BCUT2D eigenvalue weighted by Gasteiger charge is -2.10. The maximum atomic E-state index is 12.2. The molecular formula is C11H8IN5O2. The van der Waals surface area contributed by atoms with E-state index < -0.39 is 0 Å². The Morgan fingerprint density at radius 1 is 1.21 bits per heavy atom. The first-order valence-electron chi connectivity index (χ1n) is 5.45. The zero-order chi connectivity index (χ0) is 13.6. The third-order valence-electron chi connectivity index (χ3n) is 2.78. The van der Waals surface area contributed by atoms with Crippen LogP contribution in [0.15, 0.2) is 18.2 Å². The standard InChI is InChI=1S/C11H8IN5O2/c1-16-14-9(13-15-16)5-17-10(18)7-3-2-6(12)4-8(7)11(17)19/h2-4H,5H2,1H3. The number of rotatable bonds is 2. The van der Waals surface area contributed by atoms with E-state index in [1.165, 1.54) is 4.80 Å². The van der Waals surface area contributed by atoms with Gasteiger partial charge in [0.25, 0.3) is 11.8 Å². The van der Waals surface area contributed by atoms with E-state index in [1.54, 1.807) is 25.2 Å². The van der Waals surface area contributed by atoms with Crippen LogP contribution in [0.25, 0.3) is 0 Å².